The lowest BCUT2D eigenvalue weighted by Crippen LogP contribution is -2.51. The van der Waals surface area contributed by atoms with E-state index in [-0.39, 0.29) is 6.61 Å². The number of ether oxygens (including phenoxy) is 4. The predicted molar refractivity (Wildman–Crippen MR) is 43.1 cm³/mol. The van der Waals surface area contributed by atoms with Crippen LogP contribution in [0.25, 0.3) is 0 Å². The van der Waals surface area contributed by atoms with Crippen molar-refractivity contribution in [3.8, 4) is 0 Å². The van der Waals surface area contributed by atoms with Crippen LogP contribution in [0.4, 0.5) is 0 Å². The van der Waals surface area contributed by atoms with Gasteiger partial charge in [-0.3, -0.25) is 4.74 Å². The molecule has 82 valence electrons. The fourth-order valence-electron chi connectivity index (χ4n) is 1.58. The third kappa shape index (κ3) is 1.54. The second-order valence-electron chi connectivity index (χ2n) is 3.53. The number of rotatable bonds is 1. The summed E-state index contributed by atoms with van der Waals surface area (Å²) in [4.78, 5) is 0. The van der Waals surface area contributed by atoms with E-state index in [2.05, 4.69) is 0 Å². The number of methoxy groups -OCH3 is 1. The normalized spacial score (nSPS) is 53.1. The van der Waals surface area contributed by atoms with Crippen LogP contribution in [0.3, 0.4) is 0 Å². The Morgan fingerprint density at radius 1 is 1.36 bits per heavy atom. The van der Waals surface area contributed by atoms with Crippen LogP contribution in [0.15, 0.2) is 0 Å². The molecule has 0 spiro atoms. The number of fused-ring (bicyclic) bond motifs is 1. The van der Waals surface area contributed by atoms with Gasteiger partial charge < -0.3 is 24.4 Å². The summed E-state index contributed by atoms with van der Waals surface area (Å²) in [5.41, 5.74) is 0. The van der Waals surface area contributed by atoms with Crippen molar-refractivity contribution in [2.75, 3.05) is 13.7 Å². The molecule has 14 heavy (non-hydrogen) atoms. The van der Waals surface area contributed by atoms with E-state index in [0.29, 0.717) is 0 Å². The van der Waals surface area contributed by atoms with Crippen LogP contribution in [0.2, 0.25) is 0 Å². The van der Waals surface area contributed by atoms with Crippen LogP contribution in [0, 0.1) is 0 Å². The highest BCUT2D eigenvalue weighted by atomic mass is 16.9. The third-order valence-electron chi connectivity index (χ3n) is 2.48. The topological polar surface area (TPSA) is 77.4 Å². The van der Waals surface area contributed by atoms with E-state index in [1.165, 1.54) is 7.11 Å². The highest BCUT2D eigenvalue weighted by Crippen LogP contribution is 2.34. The molecule has 0 radical (unpaired) electrons. The van der Waals surface area contributed by atoms with Crippen molar-refractivity contribution in [2.24, 2.45) is 0 Å². The van der Waals surface area contributed by atoms with Crippen molar-refractivity contribution in [1.82, 2.24) is 0 Å². The molecule has 2 heterocycles. The molecule has 2 aliphatic heterocycles. The molecule has 0 aromatic heterocycles. The lowest BCUT2D eigenvalue weighted by molar-refractivity contribution is -0.331. The summed E-state index contributed by atoms with van der Waals surface area (Å²) in [5.74, 6) is -1.21. The first-order chi connectivity index (χ1) is 6.56. The van der Waals surface area contributed by atoms with Gasteiger partial charge in [0.1, 0.15) is 18.3 Å². The predicted octanol–water partition coefficient (Wildman–Crippen LogP) is -1.20. The summed E-state index contributed by atoms with van der Waals surface area (Å²) >= 11 is 0. The number of hydrogen-bond acceptors (Lipinski definition) is 6. The average molecular weight is 206 g/mol. The maximum Gasteiger partial charge on any atom is 0.282 e. The Kier molecular flexibility index (Phi) is 2.50. The first kappa shape index (κ1) is 10.3. The average Bonchev–Trinajstić information content (AvgIpc) is 2.51. The minimum absolute atomic E-state index is 0.0332. The molecular formula is C8H14O6. The summed E-state index contributed by atoms with van der Waals surface area (Å²) in [6, 6.07) is 0. The Bertz CT molecular complexity index is 222. The van der Waals surface area contributed by atoms with Crippen LogP contribution >= 0.6 is 0 Å². The molecular weight excluding hydrogens is 192 g/mol. The summed E-state index contributed by atoms with van der Waals surface area (Å²) < 4.78 is 20.7. The quantitative estimate of drug-likeness (QED) is 0.561. The molecule has 0 amide bonds. The van der Waals surface area contributed by atoms with Crippen LogP contribution < -0.4 is 0 Å². The zero-order chi connectivity index (χ0) is 10.3. The van der Waals surface area contributed by atoms with Gasteiger partial charge >= 0.3 is 0 Å². The molecule has 2 aliphatic rings. The van der Waals surface area contributed by atoms with Crippen LogP contribution in [0.1, 0.15) is 6.92 Å². The highest BCUT2D eigenvalue weighted by molar-refractivity contribution is 4.88. The Morgan fingerprint density at radius 3 is 2.71 bits per heavy atom. The zero-order valence-electron chi connectivity index (χ0n) is 8.04. The van der Waals surface area contributed by atoms with Crippen LogP contribution in [-0.4, -0.2) is 54.5 Å². The van der Waals surface area contributed by atoms with Crippen molar-refractivity contribution in [3.63, 3.8) is 0 Å². The molecule has 0 bridgehead atoms. The van der Waals surface area contributed by atoms with E-state index >= 15 is 0 Å². The van der Waals surface area contributed by atoms with Gasteiger partial charge in [-0.2, -0.15) is 0 Å². The van der Waals surface area contributed by atoms with Crippen molar-refractivity contribution in [2.45, 2.75) is 37.5 Å². The number of aliphatic hydroxyl groups excluding tert-OH is 2. The molecule has 6 nitrogen and oxygen atoms in total. The van der Waals surface area contributed by atoms with E-state index in [4.69, 9.17) is 18.9 Å². The Morgan fingerprint density at radius 2 is 2.07 bits per heavy atom. The van der Waals surface area contributed by atoms with Gasteiger partial charge in [-0.15, -0.1) is 0 Å². The summed E-state index contributed by atoms with van der Waals surface area (Å²) in [6.45, 7) is 1.61. The minimum atomic E-state index is -1.21. The highest BCUT2D eigenvalue weighted by Gasteiger charge is 2.52. The SMILES string of the molecule is COC1(C)O[C@H]2OC[C@H](O)[C@H](O)[C@H]2O1. The van der Waals surface area contributed by atoms with E-state index in [1.54, 1.807) is 6.92 Å². The Hall–Kier alpha value is -0.240. The van der Waals surface area contributed by atoms with E-state index in [9.17, 15) is 10.2 Å². The minimum Gasteiger partial charge on any atom is -0.388 e. The lowest BCUT2D eigenvalue weighted by Gasteiger charge is -2.31. The molecule has 6 heteroatoms. The second kappa shape index (κ2) is 3.41. The molecule has 0 aromatic carbocycles. The first-order valence-corrected chi connectivity index (χ1v) is 4.44. The molecule has 2 fully saturated rings. The molecule has 0 aromatic rings. The van der Waals surface area contributed by atoms with Crippen molar-refractivity contribution < 1.29 is 29.2 Å². The maximum atomic E-state index is 9.59. The fraction of sp³-hybridized carbons (Fsp3) is 1.00. The number of hydrogen-bond donors (Lipinski definition) is 2. The fourth-order valence-corrected chi connectivity index (χ4v) is 1.58. The second-order valence-corrected chi connectivity index (χ2v) is 3.53. The molecule has 0 aliphatic carbocycles. The van der Waals surface area contributed by atoms with Gasteiger partial charge in [-0.1, -0.05) is 0 Å². The van der Waals surface area contributed by atoms with Crippen molar-refractivity contribution in [1.29, 1.82) is 0 Å². The molecule has 0 saturated carbocycles. The van der Waals surface area contributed by atoms with Crippen LogP contribution in [0.5, 0.6) is 0 Å². The standard InChI is InChI=1S/C8H14O6/c1-8(11-2)13-6-5(10)4(9)3-12-7(6)14-8/h4-7,9-10H,3H2,1-2H3/t4-,5-,6+,7+,8?/m0/s1. The van der Waals surface area contributed by atoms with Gasteiger partial charge in [0.15, 0.2) is 6.29 Å². The van der Waals surface area contributed by atoms with E-state index < -0.39 is 30.6 Å². The zero-order valence-corrected chi connectivity index (χ0v) is 8.04. The maximum absolute atomic E-state index is 9.59. The number of aliphatic hydroxyl groups is 2. The van der Waals surface area contributed by atoms with Crippen LogP contribution in [-0.2, 0) is 18.9 Å². The third-order valence-corrected chi connectivity index (χ3v) is 2.48. The molecule has 2 rings (SSSR count). The van der Waals surface area contributed by atoms with Gasteiger partial charge in [-0.25, -0.2) is 0 Å². The molecule has 2 saturated heterocycles. The van der Waals surface area contributed by atoms with Gasteiger partial charge in [0.2, 0.25) is 0 Å². The van der Waals surface area contributed by atoms with Gasteiger partial charge in [-0.05, 0) is 0 Å². The first-order valence-electron chi connectivity index (χ1n) is 4.44. The van der Waals surface area contributed by atoms with E-state index in [0.717, 1.165) is 0 Å². The Labute approximate surface area is 81.3 Å². The van der Waals surface area contributed by atoms with Gasteiger partial charge in [0, 0.05) is 14.0 Å². The largest absolute Gasteiger partial charge is 0.388 e. The summed E-state index contributed by atoms with van der Waals surface area (Å²) in [6.07, 6.45) is -3.34. The smallest absolute Gasteiger partial charge is 0.282 e. The monoisotopic (exact) mass is 206 g/mol. The molecule has 1 unspecified atom stereocenters. The summed E-state index contributed by atoms with van der Waals surface area (Å²) in [7, 11) is 1.43. The Balaban J connectivity index is 2.10. The van der Waals surface area contributed by atoms with Crippen molar-refractivity contribution >= 4 is 0 Å². The molecule has 5 atom stereocenters. The molecule has 2 N–H and O–H groups in total. The van der Waals surface area contributed by atoms with Gasteiger partial charge in [0.05, 0.1) is 6.61 Å². The lowest BCUT2D eigenvalue weighted by atomic mass is 10.1. The summed E-state index contributed by atoms with van der Waals surface area (Å²) in [5, 5.41) is 18.9. The van der Waals surface area contributed by atoms with E-state index in [1.807, 2.05) is 0 Å². The van der Waals surface area contributed by atoms with Crippen molar-refractivity contribution in [3.05, 3.63) is 0 Å². The van der Waals surface area contributed by atoms with Gasteiger partial charge in [0.25, 0.3) is 5.97 Å².